The van der Waals surface area contributed by atoms with Crippen molar-refractivity contribution in [2.75, 3.05) is 0 Å². The monoisotopic (exact) mass is 66.0 g/mol. The zero-order chi connectivity index (χ0) is 5.15. The summed E-state index contributed by atoms with van der Waals surface area (Å²) in [4.78, 5) is 0. The van der Waals surface area contributed by atoms with Crippen molar-refractivity contribution in [3.63, 3.8) is 0 Å². The van der Waals surface area contributed by atoms with Crippen LogP contribution in [0.25, 0.3) is 0 Å². The Kier molecular flexibility index (Phi) is 0.283. The Morgan fingerprint density at radius 2 is 2.25 bits per heavy atom. The number of rotatable bonds is 0. The van der Waals surface area contributed by atoms with E-state index in [-0.39, 0.29) is 0 Å². The molecule has 0 atom stereocenters. The summed E-state index contributed by atoms with van der Waals surface area (Å²) < 4.78 is 33.0. The molecule has 0 unspecified atom stereocenters. The quantitative estimate of drug-likeness (QED) is 0.401. The van der Waals surface area contributed by atoms with Gasteiger partial charge in [0.05, 0.1) is 2.74 Å². The SMILES string of the molecule is [2H]C([2H])=C(F)F. The highest BCUT2D eigenvalue weighted by Crippen LogP contribution is 1.85. The van der Waals surface area contributed by atoms with E-state index in [1.165, 1.54) is 0 Å². The maximum Gasteiger partial charge on any atom is 0.263 e. The van der Waals surface area contributed by atoms with Gasteiger partial charge in [-0.2, -0.15) is 8.78 Å². The molecule has 0 aromatic carbocycles. The molecule has 0 saturated heterocycles. The van der Waals surface area contributed by atoms with Gasteiger partial charge in [0.25, 0.3) is 6.08 Å². The van der Waals surface area contributed by atoms with E-state index in [2.05, 4.69) is 0 Å². The van der Waals surface area contributed by atoms with Gasteiger partial charge in [-0.1, -0.05) is 0 Å². The highest BCUT2D eigenvalue weighted by atomic mass is 19.3. The fourth-order valence-electron chi connectivity index (χ4n) is 0. The fourth-order valence-corrected chi connectivity index (χ4v) is 0. The van der Waals surface area contributed by atoms with E-state index in [4.69, 9.17) is 2.74 Å². The lowest BCUT2D eigenvalue weighted by Gasteiger charge is -1.54. The highest BCUT2D eigenvalue weighted by Gasteiger charge is 1.65. The average Bonchev–Trinajstić information content (AvgIpc) is 1.36. The van der Waals surface area contributed by atoms with E-state index in [0.29, 0.717) is 0 Å². The van der Waals surface area contributed by atoms with Crippen LogP contribution in [-0.2, 0) is 0 Å². The van der Waals surface area contributed by atoms with Crippen LogP contribution in [0.3, 0.4) is 0 Å². The van der Waals surface area contributed by atoms with Crippen LogP contribution in [0, 0.1) is 0 Å². The third kappa shape index (κ3) is 3.60. The van der Waals surface area contributed by atoms with Gasteiger partial charge >= 0.3 is 0 Å². The van der Waals surface area contributed by atoms with E-state index >= 15 is 0 Å². The second kappa shape index (κ2) is 0.985. The van der Waals surface area contributed by atoms with Crippen molar-refractivity contribution in [1.82, 2.24) is 0 Å². The average molecular weight is 66.0 g/mol. The van der Waals surface area contributed by atoms with Gasteiger partial charge in [0, 0.05) is 0 Å². The first-order valence-corrected chi connectivity index (χ1v) is 0.628. The predicted octanol–water partition coefficient (Wildman–Crippen LogP) is 1.40. The Balaban J connectivity index is 3.68. The molecule has 0 nitrogen and oxygen atoms in total. The Labute approximate surface area is 25.6 Å². The first kappa shape index (κ1) is 1.15. The minimum atomic E-state index is -2.24. The molecule has 0 amide bonds. The van der Waals surface area contributed by atoms with E-state index in [1.807, 2.05) is 0 Å². The summed E-state index contributed by atoms with van der Waals surface area (Å²) in [6.07, 6.45) is -2.24. The molecule has 0 aliphatic rings. The van der Waals surface area contributed by atoms with Gasteiger partial charge < -0.3 is 0 Å². The Hall–Kier alpha value is -0.400. The first-order chi connectivity index (χ1) is 2.64. The molecular weight excluding hydrogens is 62.0 g/mol. The summed E-state index contributed by atoms with van der Waals surface area (Å²) in [6, 6.07) is 0. The van der Waals surface area contributed by atoms with Crippen LogP contribution in [0.1, 0.15) is 2.74 Å². The predicted molar refractivity (Wildman–Crippen MR) is 11.4 cm³/mol. The van der Waals surface area contributed by atoms with Gasteiger partial charge in [0.1, 0.15) is 0 Å². The van der Waals surface area contributed by atoms with Crippen LogP contribution in [0.2, 0.25) is 0 Å². The zero-order valence-electron chi connectivity index (χ0n) is 3.76. The van der Waals surface area contributed by atoms with E-state index in [1.54, 1.807) is 0 Å². The van der Waals surface area contributed by atoms with Crippen molar-refractivity contribution in [3.05, 3.63) is 12.6 Å². The van der Waals surface area contributed by atoms with Crippen LogP contribution in [-0.4, -0.2) is 0 Å². The fraction of sp³-hybridized carbons (Fsp3) is 0. The summed E-state index contributed by atoms with van der Waals surface area (Å²) in [6.45, 7) is -1.41. The van der Waals surface area contributed by atoms with Gasteiger partial charge in [-0.05, 0) is 6.53 Å². The lowest BCUT2D eigenvalue weighted by atomic mass is 11.2. The molecule has 0 spiro atoms. The molecular formula is C2H2F2. The van der Waals surface area contributed by atoms with E-state index < -0.39 is 12.6 Å². The molecule has 0 heterocycles. The summed E-state index contributed by atoms with van der Waals surface area (Å²) in [7, 11) is 0. The van der Waals surface area contributed by atoms with Gasteiger partial charge in [0.15, 0.2) is 0 Å². The Morgan fingerprint density at radius 3 is 2.25 bits per heavy atom. The topological polar surface area (TPSA) is 0 Å². The second-order valence-corrected chi connectivity index (χ2v) is 0.260. The molecule has 4 heavy (non-hydrogen) atoms. The number of hydrogen-bond acceptors (Lipinski definition) is 0. The molecule has 24 valence electrons. The van der Waals surface area contributed by atoms with Crippen LogP contribution < -0.4 is 0 Å². The second-order valence-electron chi connectivity index (χ2n) is 0.260. The van der Waals surface area contributed by atoms with Gasteiger partial charge in [0.2, 0.25) is 0 Å². The van der Waals surface area contributed by atoms with Crippen molar-refractivity contribution in [3.8, 4) is 0 Å². The van der Waals surface area contributed by atoms with Gasteiger partial charge in [-0.15, -0.1) is 0 Å². The summed E-state index contributed by atoms with van der Waals surface area (Å²) in [5, 5.41) is 0. The molecule has 0 radical (unpaired) electrons. The molecule has 0 bridgehead atoms. The Morgan fingerprint density at radius 1 is 2.00 bits per heavy atom. The standard InChI is InChI=1S/C2H2F2/c1-2(3)4/h1H2/i1D2. The smallest absolute Gasteiger partial charge is 0.174 e. The van der Waals surface area contributed by atoms with Crippen LogP contribution >= 0.6 is 0 Å². The summed E-state index contributed by atoms with van der Waals surface area (Å²) in [5.41, 5.74) is 0. The lowest BCUT2D eigenvalue weighted by Crippen LogP contribution is -1.33. The molecule has 0 aromatic rings. The Bertz CT molecular complexity index is 59.6. The maximum absolute atomic E-state index is 10.7. The highest BCUT2D eigenvalue weighted by molar-refractivity contribution is 4.57. The minimum Gasteiger partial charge on any atom is -0.174 e. The maximum atomic E-state index is 10.7. The number of halogens is 2. The molecule has 0 N–H and O–H groups in total. The van der Waals surface area contributed by atoms with Crippen molar-refractivity contribution in [2.45, 2.75) is 0 Å². The third-order valence-corrected chi connectivity index (χ3v) is 0. The van der Waals surface area contributed by atoms with Crippen molar-refractivity contribution >= 4 is 0 Å². The third-order valence-electron chi connectivity index (χ3n) is 0. The normalized spacial score (nSPS) is 12.5. The molecule has 0 saturated carbocycles. The van der Waals surface area contributed by atoms with Crippen molar-refractivity contribution in [2.24, 2.45) is 0 Å². The summed E-state index contributed by atoms with van der Waals surface area (Å²) >= 11 is 0. The molecule has 0 aliphatic heterocycles. The lowest BCUT2D eigenvalue weighted by molar-refractivity contribution is 0.426. The largest absolute Gasteiger partial charge is 0.263 e. The molecule has 0 fully saturated rings. The van der Waals surface area contributed by atoms with Crippen LogP contribution in [0.4, 0.5) is 8.78 Å². The molecule has 2 heteroatoms. The van der Waals surface area contributed by atoms with E-state index in [0.717, 1.165) is 0 Å². The van der Waals surface area contributed by atoms with Gasteiger partial charge in [-0.3, -0.25) is 0 Å². The molecule has 0 aliphatic carbocycles. The van der Waals surface area contributed by atoms with Crippen LogP contribution in [0.5, 0.6) is 0 Å². The van der Waals surface area contributed by atoms with Gasteiger partial charge in [-0.25, -0.2) is 0 Å². The van der Waals surface area contributed by atoms with Crippen LogP contribution in [0.15, 0.2) is 12.6 Å². The molecule has 0 rings (SSSR count). The van der Waals surface area contributed by atoms with Crippen molar-refractivity contribution < 1.29 is 11.5 Å². The zero-order valence-corrected chi connectivity index (χ0v) is 1.76. The minimum absolute atomic E-state index is 1.41. The van der Waals surface area contributed by atoms with Crippen molar-refractivity contribution in [1.29, 1.82) is 0 Å². The summed E-state index contributed by atoms with van der Waals surface area (Å²) in [5.74, 6) is 0. The first-order valence-electron chi connectivity index (χ1n) is 1.63. The molecule has 0 aromatic heterocycles. The van der Waals surface area contributed by atoms with E-state index in [9.17, 15) is 8.78 Å². The number of hydrogen-bond donors (Lipinski definition) is 0.